The maximum atomic E-state index is 4.24. The van der Waals surface area contributed by atoms with Crippen LogP contribution in [-0.2, 0) is 0 Å². The number of hydrogen-bond acceptors (Lipinski definition) is 2. The minimum atomic E-state index is 0. The third-order valence-corrected chi connectivity index (χ3v) is 4.23. The molecule has 1 rings (SSSR count). The molecular weight excluding hydrogens is 345 g/mol. The van der Waals surface area contributed by atoms with Gasteiger partial charge in [-0.2, -0.15) is 11.8 Å². The Morgan fingerprint density at radius 3 is 2.47 bits per heavy atom. The normalized spacial score (nSPS) is 17.9. The van der Waals surface area contributed by atoms with Gasteiger partial charge in [0.05, 0.1) is 0 Å². The minimum Gasteiger partial charge on any atom is -0.356 e. The smallest absolute Gasteiger partial charge is 0.191 e. The fraction of sp³-hybridized carbons (Fsp3) is 0.917. The lowest BCUT2D eigenvalue weighted by Gasteiger charge is -2.41. The first-order valence-corrected chi connectivity index (χ1v) is 7.59. The Hall–Kier alpha value is 0.350. The number of guanidine groups is 1. The zero-order valence-electron chi connectivity index (χ0n) is 11.2. The summed E-state index contributed by atoms with van der Waals surface area (Å²) in [6.07, 6.45) is 7.55. The number of aliphatic imine (C=N–C) groups is 1. The van der Waals surface area contributed by atoms with E-state index in [-0.39, 0.29) is 24.0 Å². The minimum absolute atomic E-state index is 0. The van der Waals surface area contributed by atoms with Crippen molar-refractivity contribution in [1.82, 2.24) is 10.6 Å². The molecule has 1 saturated carbocycles. The number of nitrogens with zero attached hydrogens (tertiary/aromatic N) is 1. The monoisotopic (exact) mass is 371 g/mol. The van der Waals surface area contributed by atoms with E-state index in [1.54, 1.807) is 0 Å². The van der Waals surface area contributed by atoms with Crippen molar-refractivity contribution in [3.63, 3.8) is 0 Å². The summed E-state index contributed by atoms with van der Waals surface area (Å²) >= 11 is 1.85. The average Bonchev–Trinajstić information content (AvgIpc) is 2.26. The summed E-state index contributed by atoms with van der Waals surface area (Å²) in [5.41, 5.74) is 0.553. The molecule has 0 saturated heterocycles. The van der Waals surface area contributed by atoms with E-state index in [2.05, 4.69) is 28.8 Å². The first-order chi connectivity index (χ1) is 7.76. The SMILES string of the molecule is CCC1(CNC(=NC)NCCSC)CCC1.I. The molecule has 0 radical (unpaired) electrons. The maximum Gasteiger partial charge on any atom is 0.191 e. The highest BCUT2D eigenvalue weighted by molar-refractivity contribution is 14.0. The van der Waals surface area contributed by atoms with E-state index in [1.807, 2.05) is 18.8 Å². The van der Waals surface area contributed by atoms with Gasteiger partial charge in [-0.3, -0.25) is 4.99 Å². The van der Waals surface area contributed by atoms with Gasteiger partial charge in [0.25, 0.3) is 0 Å². The van der Waals surface area contributed by atoms with Crippen LogP contribution in [0.25, 0.3) is 0 Å². The molecule has 0 amide bonds. The predicted molar refractivity (Wildman–Crippen MR) is 89.7 cm³/mol. The van der Waals surface area contributed by atoms with Gasteiger partial charge in [-0.05, 0) is 30.9 Å². The summed E-state index contributed by atoms with van der Waals surface area (Å²) < 4.78 is 0. The molecule has 2 N–H and O–H groups in total. The zero-order chi connectivity index (χ0) is 11.9. The third-order valence-electron chi connectivity index (χ3n) is 3.62. The number of rotatable bonds is 6. The van der Waals surface area contributed by atoms with E-state index >= 15 is 0 Å². The van der Waals surface area contributed by atoms with E-state index < -0.39 is 0 Å². The Balaban J connectivity index is 0.00000256. The quantitative estimate of drug-likeness (QED) is 0.326. The molecule has 0 atom stereocenters. The molecule has 1 aliphatic carbocycles. The summed E-state index contributed by atoms with van der Waals surface area (Å²) in [7, 11) is 1.84. The Labute approximate surface area is 127 Å². The van der Waals surface area contributed by atoms with Crippen molar-refractivity contribution in [2.24, 2.45) is 10.4 Å². The van der Waals surface area contributed by atoms with Gasteiger partial charge in [-0.25, -0.2) is 0 Å². The highest BCUT2D eigenvalue weighted by Crippen LogP contribution is 2.42. The molecule has 0 aromatic rings. The first kappa shape index (κ1) is 17.4. The van der Waals surface area contributed by atoms with E-state index in [0.29, 0.717) is 5.41 Å². The molecule has 0 heterocycles. The van der Waals surface area contributed by atoms with Crippen LogP contribution in [0.2, 0.25) is 0 Å². The van der Waals surface area contributed by atoms with E-state index in [4.69, 9.17) is 0 Å². The van der Waals surface area contributed by atoms with Crippen molar-refractivity contribution in [1.29, 1.82) is 0 Å². The molecule has 0 aromatic carbocycles. The molecule has 102 valence electrons. The lowest BCUT2D eigenvalue weighted by Crippen LogP contribution is -2.46. The van der Waals surface area contributed by atoms with E-state index in [1.165, 1.54) is 25.7 Å². The van der Waals surface area contributed by atoms with Crippen molar-refractivity contribution in [2.75, 3.05) is 32.1 Å². The van der Waals surface area contributed by atoms with Crippen molar-refractivity contribution in [3.8, 4) is 0 Å². The highest BCUT2D eigenvalue weighted by Gasteiger charge is 2.34. The van der Waals surface area contributed by atoms with Gasteiger partial charge < -0.3 is 10.6 Å². The first-order valence-electron chi connectivity index (χ1n) is 6.20. The van der Waals surface area contributed by atoms with Crippen molar-refractivity contribution in [3.05, 3.63) is 0 Å². The molecule has 17 heavy (non-hydrogen) atoms. The zero-order valence-corrected chi connectivity index (χ0v) is 14.4. The Morgan fingerprint density at radius 1 is 1.35 bits per heavy atom. The number of nitrogens with one attached hydrogen (secondary N) is 2. The summed E-state index contributed by atoms with van der Waals surface area (Å²) in [4.78, 5) is 4.24. The second kappa shape index (κ2) is 9.30. The lowest BCUT2D eigenvalue weighted by atomic mass is 9.67. The van der Waals surface area contributed by atoms with Crippen LogP contribution >= 0.6 is 35.7 Å². The molecule has 1 fully saturated rings. The van der Waals surface area contributed by atoms with Gasteiger partial charge in [0, 0.05) is 25.9 Å². The Bertz CT molecular complexity index is 224. The van der Waals surface area contributed by atoms with E-state index in [0.717, 1.165) is 24.8 Å². The molecule has 0 unspecified atom stereocenters. The van der Waals surface area contributed by atoms with Gasteiger partial charge >= 0.3 is 0 Å². The van der Waals surface area contributed by atoms with Crippen LogP contribution < -0.4 is 10.6 Å². The predicted octanol–water partition coefficient (Wildman–Crippen LogP) is 2.71. The molecule has 0 spiro atoms. The highest BCUT2D eigenvalue weighted by atomic mass is 127. The summed E-state index contributed by atoms with van der Waals surface area (Å²) in [6.45, 7) is 4.35. The third kappa shape index (κ3) is 5.68. The lowest BCUT2D eigenvalue weighted by molar-refractivity contribution is 0.131. The Morgan fingerprint density at radius 2 is 2.06 bits per heavy atom. The van der Waals surface area contributed by atoms with Crippen molar-refractivity contribution in [2.45, 2.75) is 32.6 Å². The fourth-order valence-corrected chi connectivity index (χ4v) is 2.40. The molecule has 0 aliphatic heterocycles. The molecule has 3 nitrogen and oxygen atoms in total. The van der Waals surface area contributed by atoms with Gasteiger partial charge in [-0.15, -0.1) is 24.0 Å². The average molecular weight is 371 g/mol. The second-order valence-electron chi connectivity index (χ2n) is 4.55. The van der Waals surface area contributed by atoms with Gasteiger partial charge in [0.1, 0.15) is 0 Å². The van der Waals surface area contributed by atoms with Crippen LogP contribution in [0.4, 0.5) is 0 Å². The Kier molecular flexibility index (Phi) is 9.49. The number of halogens is 1. The van der Waals surface area contributed by atoms with Crippen LogP contribution in [-0.4, -0.2) is 38.1 Å². The van der Waals surface area contributed by atoms with Crippen molar-refractivity contribution >= 4 is 41.7 Å². The molecule has 1 aliphatic rings. The van der Waals surface area contributed by atoms with Crippen LogP contribution in [0.5, 0.6) is 0 Å². The van der Waals surface area contributed by atoms with Crippen molar-refractivity contribution < 1.29 is 0 Å². The van der Waals surface area contributed by atoms with Crippen LogP contribution in [0.15, 0.2) is 4.99 Å². The van der Waals surface area contributed by atoms with Gasteiger partial charge in [0.15, 0.2) is 5.96 Å². The van der Waals surface area contributed by atoms with Gasteiger partial charge in [0.2, 0.25) is 0 Å². The van der Waals surface area contributed by atoms with Crippen LogP contribution in [0.3, 0.4) is 0 Å². The van der Waals surface area contributed by atoms with Gasteiger partial charge in [-0.1, -0.05) is 13.3 Å². The largest absolute Gasteiger partial charge is 0.356 e. The number of thioether (sulfide) groups is 1. The van der Waals surface area contributed by atoms with Crippen LogP contribution in [0.1, 0.15) is 32.6 Å². The fourth-order valence-electron chi connectivity index (χ4n) is 2.10. The second-order valence-corrected chi connectivity index (χ2v) is 5.54. The van der Waals surface area contributed by atoms with E-state index in [9.17, 15) is 0 Å². The summed E-state index contributed by atoms with van der Waals surface area (Å²) in [5.74, 6) is 2.08. The topological polar surface area (TPSA) is 36.4 Å². The number of hydrogen-bond donors (Lipinski definition) is 2. The van der Waals surface area contributed by atoms with Crippen LogP contribution in [0, 0.1) is 5.41 Å². The molecular formula is C12H26IN3S. The molecule has 0 bridgehead atoms. The molecule has 5 heteroatoms. The standard InChI is InChI=1S/C12H25N3S.HI/c1-4-12(6-5-7-12)10-15-11(13-2)14-8-9-16-3;/h4-10H2,1-3H3,(H2,13,14,15);1H. The summed E-state index contributed by atoms with van der Waals surface area (Å²) in [5, 5.41) is 6.78. The molecule has 0 aromatic heterocycles. The maximum absolute atomic E-state index is 4.24. The summed E-state index contributed by atoms with van der Waals surface area (Å²) in [6, 6.07) is 0.